The van der Waals surface area contributed by atoms with E-state index >= 15 is 0 Å². The van der Waals surface area contributed by atoms with Crippen LogP contribution in [0.2, 0.25) is 0 Å². The monoisotopic (exact) mass is 398 g/mol. The number of aryl methyl sites for hydroxylation is 1. The van der Waals surface area contributed by atoms with Crippen LogP contribution in [0.15, 0.2) is 35.1 Å². The van der Waals surface area contributed by atoms with Crippen LogP contribution < -0.4 is 5.56 Å². The molecule has 0 spiro atoms. The zero-order chi connectivity index (χ0) is 14.5. The molecule has 0 aliphatic rings. The van der Waals surface area contributed by atoms with Crippen LogP contribution in [-0.4, -0.2) is 20.1 Å². The quantitative estimate of drug-likeness (QED) is 0.783. The van der Waals surface area contributed by atoms with Crippen LogP contribution in [0.1, 0.15) is 22.6 Å². The highest BCUT2D eigenvalue weighted by Crippen LogP contribution is 2.12. The Bertz CT molecular complexity index is 626. The van der Waals surface area contributed by atoms with Crippen LogP contribution in [0, 0.1) is 6.92 Å². The lowest BCUT2D eigenvalue weighted by Gasteiger charge is -2.09. The largest absolute Gasteiger partial charge is 0.310 e. The molecule has 3 nitrogen and oxygen atoms in total. The summed E-state index contributed by atoms with van der Waals surface area (Å²) in [5.74, 6) is 0.715. The molecule has 2 rings (SSSR count). The van der Waals surface area contributed by atoms with Crippen LogP contribution in [0.4, 0.5) is 0 Å². The van der Waals surface area contributed by atoms with Crippen molar-refractivity contribution >= 4 is 31.9 Å². The van der Waals surface area contributed by atoms with E-state index in [1.54, 1.807) is 0 Å². The average Bonchev–Trinajstić information content (AvgIpc) is 2.43. The molecule has 2 aromatic rings. The van der Waals surface area contributed by atoms with E-state index in [-0.39, 0.29) is 10.4 Å². The first-order chi connectivity index (χ1) is 9.60. The molecule has 0 amide bonds. The smallest absolute Gasteiger partial charge is 0.254 e. The number of aromatic amines is 1. The van der Waals surface area contributed by atoms with Gasteiger partial charge in [0.1, 0.15) is 5.82 Å². The van der Waals surface area contributed by atoms with Crippen LogP contribution in [0.5, 0.6) is 0 Å². The van der Waals surface area contributed by atoms with E-state index in [1.807, 2.05) is 37.3 Å². The van der Waals surface area contributed by atoms with Crippen molar-refractivity contribution in [1.29, 1.82) is 0 Å². The van der Waals surface area contributed by atoms with Gasteiger partial charge in [-0.05, 0) is 18.9 Å². The Balaban J connectivity index is 2.24. The molecule has 0 fully saturated rings. The summed E-state index contributed by atoms with van der Waals surface area (Å²) < 4.78 is 0. The Labute approximate surface area is 135 Å². The molecule has 1 N–H and O–H groups in total. The summed E-state index contributed by atoms with van der Waals surface area (Å²) in [6, 6.07) is 10.0. The topological polar surface area (TPSA) is 45.8 Å². The predicted octanol–water partition coefficient (Wildman–Crippen LogP) is 3.37. The van der Waals surface area contributed by atoms with Crippen molar-refractivity contribution < 1.29 is 0 Å². The van der Waals surface area contributed by atoms with Gasteiger partial charge in [-0.15, -0.1) is 0 Å². The maximum absolute atomic E-state index is 12.2. The zero-order valence-corrected chi connectivity index (χ0v) is 14.4. The maximum Gasteiger partial charge on any atom is 0.254 e. The number of benzene rings is 1. The van der Waals surface area contributed by atoms with E-state index in [0.717, 1.165) is 22.2 Å². The molecule has 0 unspecified atom stereocenters. The molecular formula is C15H16Br2N2O. The number of aromatic nitrogens is 2. The van der Waals surface area contributed by atoms with Crippen molar-refractivity contribution in [3.63, 3.8) is 0 Å². The minimum absolute atomic E-state index is 0.0335. The summed E-state index contributed by atoms with van der Waals surface area (Å²) >= 11 is 6.93. The van der Waals surface area contributed by atoms with Crippen molar-refractivity contribution in [2.45, 2.75) is 24.6 Å². The van der Waals surface area contributed by atoms with Crippen LogP contribution in [0.25, 0.3) is 0 Å². The number of nitrogens with zero attached hydrogens (tertiary/aromatic N) is 1. The van der Waals surface area contributed by atoms with Gasteiger partial charge in [-0.3, -0.25) is 4.79 Å². The van der Waals surface area contributed by atoms with Crippen LogP contribution in [0.3, 0.4) is 0 Å². The Morgan fingerprint density at radius 2 is 2.00 bits per heavy atom. The van der Waals surface area contributed by atoms with Gasteiger partial charge in [0.25, 0.3) is 5.56 Å². The Morgan fingerprint density at radius 3 is 2.60 bits per heavy atom. The van der Waals surface area contributed by atoms with Crippen LogP contribution >= 0.6 is 31.9 Å². The molecular weight excluding hydrogens is 384 g/mol. The lowest BCUT2D eigenvalue weighted by molar-refractivity contribution is 0.852. The first kappa shape index (κ1) is 15.4. The molecule has 1 aromatic heterocycles. The molecule has 106 valence electrons. The van der Waals surface area contributed by atoms with Gasteiger partial charge < -0.3 is 4.98 Å². The summed E-state index contributed by atoms with van der Waals surface area (Å²) in [7, 11) is 0. The Kier molecular flexibility index (Phi) is 5.54. The highest BCUT2D eigenvalue weighted by molar-refractivity contribution is 9.12. The first-order valence-corrected chi connectivity index (χ1v) is 8.46. The fraction of sp³-hybridized carbons (Fsp3) is 0.333. The molecule has 0 saturated heterocycles. The minimum atomic E-state index is -0.0335. The highest BCUT2D eigenvalue weighted by Gasteiger charge is 2.12. The lowest BCUT2D eigenvalue weighted by atomic mass is 10.1. The van der Waals surface area contributed by atoms with E-state index in [9.17, 15) is 4.79 Å². The third-order valence-electron chi connectivity index (χ3n) is 3.08. The third kappa shape index (κ3) is 4.03. The second-order valence-corrected chi connectivity index (χ2v) is 6.64. The molecule has 1 aromatic carbocycles. The second-order valence-electron chi connectivity index (χ2n) is 4.69. The lowest BCUT2D eigenvalue weighted by Crippen LogP contribution is -2.22. The number of hydrogen-bond acceptors (Lipinski definition) is 2. The van der Waals surface area contributed by atoms with Gasteiger partial charge in [0.2, 0.25) is 0 Å². The van der Waals surface area contributed by atoms with Crippen LogP contribution in [-0.2, 0) is 12.8 Å². The fourth-order valence-electron chi connectivity index (χ4n) is 2.06. The summed E-state index contributed by atoms with van der Waals surface area (Å²) in [6.45, 7) is 1.90. The summed E-state index contributed by atoms with van der Waals surface area (Å²) in [6.07, 6.45) is 1.32. The molecule has 0 radical (unpaired) electrons. The van der Waals surface area contributed by atoms with Gasteiger partial charge >= 0.3 is 0 Å². The SMILES string of the molecule is Cc1nc(Cc2ccccc2)[nH]c(=O)c1C[C@@H](Br)CBr. The first-order valence-electron chi connectivity index (χ1n) is 6.42. The summed E-state index contributed by atoms with van der Waals surface area (Å²) in [5.41, 5.74) is 2.67. The molecule has 0 aliphatic heterocycles. The van der Waals surface area contributed by atoms with E-state index in [0.29, 0.717) is 18.7 Å². The molecule has 20 heavy (non-hydrogen) atoms. The molecule has 1 atom stereocenters. The Hall–Kier alpha value is -0.940. The number of nitrogens with one attached hydrogen (secondary N) is 1. The van der Waals surface area contributed by atoms with Gasteiger partial charge in [-0.25, -0.2) is 4.98 Å². The van der Waals surface area contributed by atoms with Gasteiger partial charge in [-0.2, -0.15) is 0 Å². The van der Waals surface area contributed by atoms with Gasteiger partial charge in [-0.1, -0.05) is 62.2 Å². The Morgan fingerprint density at radius 1 is 1.30 bits per heavy atom. The van der Waals surface area contributed by atoms with E-state index in [4.69, 9.17) is 0 Å². The molecule has 0 saturated carbocycles. The standard InChI is InChI=1S/C15H16Br2N2O/c1-10-13(8-12(17)9-16)15(20)19-14(18-10)7-11-5-3-2-4-6-11/h2-6,12H,7-9H2,1H3,(H,18,19,20)/t12-/m1/s1. The fourth-order valence-corrected chi connectivity index (χ4v) is 2.61. The zero-order valence-electron chi connectivity index (χ0n) is 11.2. The van der Waals surface area contributed by atoms with Crippen molar-refractivity contribution in [2.24, 2.45) is 0 Å². The minimum Gasteiger partial charge on any atom is -0.310 e. The molecule has 0 bridgehead atoms. The number of halogens is 2. The average molecular weight is 400 g/mol. The van der Waals surface area contributed by atoms with Gasteiger partial charge in [0.05, 0.1) is 0 Å². The van der Waals surface area contributed by atoms with Crippen molar-refractivity contribution in [3.8, 4) is 0 Å². The maximum atomic E-state index is 12.2. The number of H-pyrrole nitrogens is 1. The van der Waals surface area contributed by atoms with E-state index < -0.39 is 0 Å². The molecule has 1 heterocycles. The number of hydrogen-bond donors (Lipinski definition) is 1. The molecule has 0 aliphatic carbocycles. The van der Waals surface area contributed by atoms with Crippen molar-refractivity contribution in [1.82, 2.24) is 9.97 Å². The van der Waals surface area contributed by atoms with Gasteiger partial charge in [0, 0.05) is 27.8 Å². The normalized spacial score (nSPS) is 12.3. The van der Waals surface area contributed by atoms with Crippen molar-refractivity contribution in [2.75, 3.05) is 5.33 Å². The second kappa shape index (κ2) is 7.18. The third-order valence-corrected chi connectivity index (χ3v) is 5.38. The summed E-state index contributed by atoms with van der Waals surface area (Å²) in [5, 5.41) is 0.803. The van der Waals surface area contributed by atoms with E-state index in [2.05, 4.69) is 41.8 Å². The highest BCUT2D eigenvalue weighted by atomic mass is 79.9. The number of alkyl halides is 2. The summed E-state index contributed by atoms with van der Waals surface area (Å²) in [4.78, 5) is 19.8. The number of rotatable bonds is 5. The molecule has 5 heteroatoms. The van der Waals surface area contributed by atoms with Crippen molar-refractivity contribution in [3.05, 3.63) is 63.3 Å². The van der Waals surface area contributed by atoms with Gasteiger partial charge in [0.15, 0.2) is 0 Å². The predicted molar refractivity (Wildman–Crippen MR) is 89.1 cm³/mol. The van der Waals surface area contributed by atoms with E-state index in [1.165, 1.54) is 0 Å².